The quantitative estimate of drug-likeness (QED) is 0.460. The predicted molar refractivity (Wildman–Crippen MR) is 69.6 cm³/mol. The monoisotopic (exact) mass is 241 g/mol. The van der Waals surface area contributed by atoms with Gasteiger partial charge in [0.05, 0.1) is 5.69 Å². The van der Waals surface area contributed by atoms with Gasteiger partial charge in [0.2, 0.25) is 0 Å². The van der Waals surface area contributed by atoms with Crippen molar-refractivity contribution >= 4 is 11.8 Å². The van der Waals surface area contributed by atoms with Gasteiger partial charge in [0, 0.05) is 18.0 Å². The number of hydrogen-bond donors (Lipinski definition) is 0. The van der Waals surface area contributed by atoms with Crippen molar-refractivity contribution in [2.45, 2.75) is 12.1 Å². The lowest BCUT2D eigenvalue weighted by Crippen LogP contribution is -1.90. The highest BCUT2D eigenvalue weighted by Crippen LogP contribution is 2.18. The number of thioether (sulfide) groups is 1. The Balaban J connectivity index is 2.34. The molecule has 2 aromatic heterocycles. The highest BCUT2D eigenvalue weighted by Gasteiger charge is 2.01. The molecule has 0 unspecified atom stereocenters. The van der Waals surface area contributed by atoms with Crippen LogP contribution in [-0.4, -0.2) is 21.2 Å². The SMILES string of the molecule is CC#Cc1ccc(-c2ccnc(SC)n2)cn1. The average Bonchev–Trinajstić information content (AvgIpc) is 2.40. The van der Waals surface area contributed by atoms with Gasteiger partial charge < -0.3 is 0 Å². The average molecular weight is 241 g/mol. The summed E-state index contributed by atoms with van der Waals surface area (Å²) in [6, 6.07) is 5.74. The smallest absolute Gasteiger partial charge is 0.187 e. The molecule has 0 radical (unpaired) electrons. The third kappa shape index (κ3) is 2.83. The summed E-state index contributed by atoms with van der Waals surface area (Å²) in [5.74, 6) is 5.73. The summed E-state index contributed by atoms with van der Waals surface area (Å²) < 4.78 is 0. The normalized spacial score (nSPS) is 9.53. The molecule has 3 nitrogen and oxygen atoms in total. The molecule has 0 spiro atoms. The summed E-state index contributed by atoms with van der Waals surface area (Å²) in [6.07, 6.45) is 5.50. The van der Waals surface area contributed by atoms with Crippen molar-refractivity contribution in [1.29, 1.82) is 0 Å². The molecule has 0 amide bonds. The third-order valence-electron chi connectivity index (χ3n) is 2.13. The number of hydrogen-bond acceptors (Lipinski definition) is 4. The Labute approximate surface area is 105 Å². The van der Waals surface area contributed by atoms with E-state index >= 15 is 0 Å². The fraction of sp³-hybridized carbons (Fsp3) is 0.154. The molecule has 0 atom stereocenters. The first-order valence-corrected chi connectivity index (χ1v) is 6.32. The van der Waals surface area contributed by atoms with E-state index in [2.05, 4.69) is 26.8 Å². The van der Waals surface area contributed by atoms with Gasteiger partial charge in [0.1, 0.15) is 5.69 Å². The van der Waals surface area contributed by atoms with E-state index in [-0.39, 0.29) is 0 Å². The van der Waals surface area contributed by atoms with Crippen molar-refractivity contribution in [2.75, 3.05) is 6.26 Å². The first-order chi connectivity index (χ1) is 8.33. The second-order valence-electron chi connectivity index (χ2n) is 3.24. The van der Waals surface area contributed by atoms with E-state index in [1.165, 1.54) is 11.8 Å². The van der Waals surface area contributed by atoms with Gasteiger partial charge in [-0.15, -0.1) is 0 Å². The van der Waals surface area contributed by atoms with Gasteiger partial charge >= 0.3 is 0 Å². The summed E-state index contributed by atoms with van der Waals surface area (Å²) in [4.78, 5) is 12.8. The lowest BCUT2D eigenvalue weighted by Gasteiger charge is -2.01. The van der Waals surface area contributed by atoms with Crippen LogP contribution < -0.4 is 0 Å². The topological polar surface area (TPSA) is 38.7 Å². The van der Waals surface area contributed by atoms with Crippen LogP contribution in [0, 0.1) is 11.8 Å². The Kier molecular flexibility index (Phi) is 3.73. The minimum atomic E-state index is 0.764. The van der Waals surface area contributed by atoms with Crippen molar-refractivity contribution in [2.24, 2.45) is 0 Å². The molecule has 2 aromatic rings. The first-order valence-electron chi connectivity index (χ1n) is 5.09. The molecule has 0 saturated carbocycles. The standard InChI is InChI=1S/C13H11N3S/c1-3-4-11-6-5-10(9-15-11)12-7-8-14-13(16-12)17-2/h5-9H,1-2H3. The van der Waals surface area contributed by atoms with Gasteiger partial charge in [-0.3, -0.25) is 0 Å². The highest BCUT2D eigenvalue weighted by atomic mass is 32.2. The maximum absolute atomic E-state index is 4.41. The molecule has 0 aliphatic rings. The van der Waals surface area contributed by atoms with Crippen LogP contribution in [0.3, 0.4) is 0 Å². The molecule has 0 aromatic carbocycles. The van der Waals surface area contributed by atoms with Gasteiger partial charge in [0.25, 0.3) is 0 Å². The van der Waals surface area contributed by atoms with Gasteiger partial charge in [0.15, 0.2) is 5.16 Å². The molecule has 0 bridgehead atoms. The zero-order valence-electron chi connectivity index (χ0n) is 9.64. The molecule has 0 fully saturated rings. The Morgan fingerprint density at radius 1 is 1.18 bits per heavy atom. The Bertz CT molecular complexity index is 567. The van der Waals surface area contributed by atoms with E-state index < -0.39 is 0 Å². The Hall–Kier alpha value is -1.86. The van der Waals surface area contributed by atoms with E-state index in [1.54, 1.807) is 19.3 Å². The van der Waals surface area contributed by atoms with Crippen LogP contribution in [0.5, 0.6) is 0 Å². The molecule has 2 rings (SSSR count). The molecule has 0 aliphatic heterocycles. The maximum atomic E-state index is 4.41. The van der Waals surface area contributed by atoms with Crippen LogP contribution in [0.1, 0.15) is 12.6 Å². The molecule has 0 aliphatic carbocycles. The van der Waals surface area contributed by atoms with Crippen molar-refractivity contribution < 1.29 is 0 Å². The first kappa shape index (κ1) is 11.6. The summed E-state index contributed by atoms with van der Waals surface area (Å²) in [5, 5.41) is 0.764. The molecule has 2 heterocycles. The van der Waals surface area contributed by atoms with E-state index in [0.717, 1.165) is 22.1 Å². The van der Waals surface area contributed by atoms with Crippen molar-refractivity contribution in [3.63, 3.8) is 0 Å². The summed E-state index contributed by atoms with van der Waals surface area (Å²) in [6.45, 7) is 1.80. The minimum absolute atomic E-state index is 0.764. The molecule has 0 N–H and O–H groups in total. The zero-order chi connectivity index (χ0) is 12.1. The lowest BCUT2D eigenvalue weighted by molar-refractivity contribution is 0.975. The van der Waals surface area contributed by atoms with Crippen molar-refractivity contribution in [1.82, 2.24) is 15.0 Å². The fourth-order valence-electron chi connectivity index (χ4n) is 1.35. The molecule has 0 saturated heterocycles. The van der Waals surface area contributed by atoms with Gasteiger partial charge in [-0.1, -0.05) is 17.7 Å². The number of aromatic nitrogens is 3. The van der Waals surface area contributed by atoms with Crippen LogP contribution in [0.4, 0.5) is 0 Å². The summed E-state index contributed by atoms with van der Waals surface area (Å²) >= 11 is 1.52. The van der Waals surface area contributed by atoms with Crippen LogP contribution in [0.2, 0.25) is 0 Å². The molecule has 4 heteroatoms. The van der Waals surface area contributed by atoms with Crippen LogP contribution in [0.15, 0.2) is 35.7 Å². The van der Waals surface area contributed by atoms with E-state index in [1.807, 2.05) is 24.5 Å². The number of pyridine rings is 1. The highest BCUT2D eigenvalue weighted by molar-refractivity contribution is 7.98. The maximum Gasteiger partial charge on any atom is 0.187 e. The molecular weight excluding hydrogens is 230 g/mol. The van der Waals surface area contributed by atoms with Gasteiger partial charge in [-0.05, 0) is 37.3 Å². The predicted octanol–water partition coefficient (Wildman–Crippen LogP) is 2.63. The van der Waals surface area contributed by atoms with Crippen molar-refractivity contribution in [3.8, 4) is 23.1 Å². The van der Waals surface area contributed by atoms with E-state index in [0.29, 0.717) is 0 Å². The van der Waals surface area contributed by atoms with Crippen LogP contribution in [-0.2, 0) is 0 Å². The second-order valence-corrected chi connectivity index (χ2v) is 4.01. The van der Waals surface area contributed by atoms with Crippen LogP contribution >= 0.6 is 11.8 Å². The largest absolute Gasteiger partial charge is 0.247 e. The lowest BCUT2D eigenvalue weighted by atomic mass is 10.2. The van der Waals surface area contributed by atoms with Crippen LogP contribution in [0.25, 0.3) is 11.3 Å². The zero-order valence-corrected chi connectivity index (χ0v) is 10.5. The van der Waals surface area contributed by atoms with Gasteiger partial charge in [-0.2, -0.15) is 0 Å². The van der Waals surface area contributed by atoms with Crippen molar-refractivity contribution in [3.05, 3.63) is 36.3 Å². The summed E-state index contributed by atoms with van der Waals surface area (Å²) in [5.41, 5.74) is 2.63. The van der Waals surface area contributed by atoms with E-state index in [4.69, 9.17) is 0 Å². The molecular formula is C13H11N3S. The molecule has 17 heavy (non-hydrogen) atoms. The Morgan fingerprint density at radius 2 is 2.06 bits per heavy atom. The van der Waals surface area contributed by atoms with Gasteiger partial charge in [-0.25, -0.2) is 15.0 Å². The minimum Gasteiger partial charge on any atom is -0.247 e. The van der Waals surface area contributed by atoms with E-state index in [9.17, 15) is 0 Å². The Morgan fingerprint density at radius 3 is 2.71 bits per heavy atom. The molecule has 84 valence electrons. The summed E-state index contributed by atoms with van der Waals surface area (Å²) in [7, 11) is 0. The third-order valence-corrected chi connectivity index (χ3v) is 2.69. The fourth-order valence-corrected chi connectivity index (χ4v) is 1.70. The number of nitrogens with zero attached hydrogens (tertiary/aromatic N) is 3. The second kappa shape index (κ2) is 5.46. The number of rotatable bonds is 2.